The first-order valence-corrected chi connectivity index (χ1v) is 10.3. The Hall–Kier alpha value is -4.08. The summed E-state index contributed by atoms with van der Waals surface area (Å²) in [4.78, 5) is 37.3. The molecular weight excluding hydrogens is 449 g/mol. The first kappa shape index (κ1) is 23.1. The van der Waals surface area contributed by atoms with E-state index >= 15 is 0 Å². The normalized spacial score (nSPS) is 15.4. The molecule has 10 heteroatoms. The maximum atomic E-state index is 12.9. The van der Waals surface area contributed by atoms with E-state index in [0.29, 0.717) is 11.3 Å². The van der Waals surface area contributed by atoms with Gasteiger partial charge in [-0.3, -0.25) is 9.78 Å². The number of halogens is 3. The number of aromatic nitrogens is 2. The van der Waals surface area contributed by atoms with Crippen molar-refractivity contribution in [3.05, 3.63) is 87.6 Å². The van der Waals surface area contributed by atoms with Gasteiger partial charge >= 0.3 is 12.1 Å². The van der Waals surface area contributed by atoms with Gasteiger partial charge in [-0.05, 0) is 47.5 Å². The van der Waals surface area contributed by atoms with Gasteiger partial charge in [0.25, 0.3) is 5.56 Å². The molecule has 0 fully saturated rings. The Balaban J connectivity index is 1.62. The summed E-state index contributed by atoms with van der Waals surface area (Å²) in [5.74, 6) is -2.36. The lowest BCUT2D eigenvalue weighted by atomic mass is 10.0. The van der Waals surface area contributed by atoms with E-state index in [-0.39, 0.29) is 17.7 Å². The molecule has 176 valence electrons. The number of nitrogens with zero attached hydrogens (tertiary/aromatic N) is 3. The van der Waals surface area contributed by atoms with Gasteiger partial charge in [-0.2, -0.15) is 18.2 Å². The molecule has 1 N–H and O–H groups in total. The molecule has 1 atom stereocenters. The van der Waals surface area contributed by atoms with Crippen LogP contribution in [0.5, 0.6) is 0 Å². The highest BCUT2D eigenvalue weighted by molar-refractivity contribution is 5.77. The summed E-state index contributed by atoms with van der Waals surface area (Å²) >= 11 is 0. The van der Waals surface area contributed by atoms with Crippen LogP contribution in [0, 0.1) is 0 Å². The lowest BCUT2D eigenvalue weighted by Gasteiger charge is -2.26. The van der Waals surface area contributed by atoms with Crippen molar-refractivity contribution in [1.82, 2.24) is 9.97 Å². The number of carbonyl (C=O) groups excluding carboxylic acids is 1. The fourth-order valence-electron chi connectivity index (χ4n) is 3.68. The number of H-pyrrole nitrogens is 1. The number of rotatable bonds is 5. The number of alkyl halides is 3. The Labute approximate surface area is 193 Å². The minimum atomic E-state index is -5.18. The van der Waals surface area contributed by atoms with Crippen molar-refractivity contribution in [2.75, 3.05) is 24.1 Å². The van der Waals surface area contributed by atoms with E-state index < -0.39 is 23.7 Å². The van der Waals surface area contributed by atoms with E-state index in [1.165, 1.54) is 18.5 Å². The SMILES string of the molecule is CN(C)c1ccc(/C=C/c2cc(C3Cc4c(cc[nH]c4=O)N3OC(=O)C(F)(F)F)ccn2)cc1. The average Bonchev–Trinajstić information content (AvgIpc) is 3.17. The summed E-state index contributed by atoms with van der Waals surface area (Å²) in [6.45, 7) is 0. The summed E-state index contributed by atoms with van der Waals surface area (Å²) in [6, 6.07) is 11.7. The van der Waals surface area contributed by atoms with Crippen LogP contribution < -0.4 is 15.5 Å². The van der Waals surface area contributed by atoms with E-state index in [0.717, 1.165) is 16.3 Å². The molecule has 4 rings (SSSR count). The highest BCUT2D eigenvalue weighted by Gasteiger charge is 2.45. The zero-order chi connectivity index (χ0) is 24.5. The van der Waals surface area contributed by atoms with Crippen LogP contribution in [0.2, 0.25) is 0 Å². The van der Waals surface area contributed by atoms with E-state index in [2.05, 4.69) is 9.97 Å². The Bertz CT molecular complexity index is 1280. The van der Waals surface area contributed by atoms with Crippen molar-refractivity contribution in [3.63, 3.8) is 0 Å². The second-order valence-corrected chi connectivity index (χ2v) is 7.93. The molecule has 0 amide bonds. The summed E-state index contributed by atoms with van der Waals surface area (Å²) < 4.78 is 38.7. The molecule has 0 aliphatic carbocycles. The molecule has 1 aromatic carbocycles. The van der Waals surface area contributed by atoms with Crippen molar-refractivity contribution < 1.29 is 22.8 Å². The third kappa shape index (κ3) is 4.80. The number of anilines is 2. The van der Waals surface area contributed by atoms with Gasteiger partial charge in [0, 0.05) is 44.2 Å². The van der Waals surface area contributed by atoms with Crippen LogP contribution in [0.1, 0.15) is 28.4 Å². The van der Waals surface area contributed by atoms with Gasteiger partial charge < -0.3 is 14.7 Å². The van der Waals surface area contributed by atoms with E-state index in [4.69, 9.17) is 4.84 Å². The third-order valence-corrected chi connectivity index (χ3v) is 5.42. The van der Waals surface area contributed by atoms with E-state index in [1.54, 1.807) is 18.2 Å². The fraction of sp³-hybridized carbons (Fsp3) is 0.208. The molecular formula is C24H21F3N4O3. The number of pyridine rings is 2. The summed E-state index contributed by atoms with van der Waals surface area (Å²) in [6.07, 6.45) is 1.33. The monoisotopic (exact) mass is 470 g/mol. The number of nitrogens with one attached hydrogen (secondary N) is 1. The second-order valence-electron chi connectivity index (χ2n) is 7.93. The van der Waals surface area contributed by atoms with Gasteiger partial charge in [0.15, 0.2) is 0 Å². The van der Waals surface area contributed by atoms with Crippen LogP contribution in [0.4, 0.5) is 24.5 Å². The Morgan fingerprint density at radius 1 is 1.18 bits per heavy atom. The Morgan fingerprint density at radius 2 is 1.91 bits per heavy atom. The number of hydrogen-bond donors (Lipinski definition) is 1. The quantitative estimate of drug-likeness (QED) is 0.604. The summed E-state index contributed by atoms with van der Waals surface area (Å²) in [5, 5.41) is 0.850. The topological polar surface area (TPSA) is 78.5 Å². The molecule has 2 aromatic heterocycles. The Morgan fingerprint density at radius 3 is 2.59 bits per heavy atom. The van der Waals surface area contributed by atoms with Gasteiger partial charge in [0.2, 0.25) is 0 Å². The van der Waals surface area contributed by atoms with Crippen LogP contribution in [0.3, 0.4) is 0 Å². The molecule has 1 aliphatic heterocycles. The smallest absolute Gasteiger partial charge is 0.378 e. The van der Waals surface area contributed by atoms with Crippen LogP contribution in [-0.2, 0) is 16.1 Å². The minimum Gasteiger partial charge on any atom is -0.378 e. The molecule has 0 spiro atoms. The molecule has 3 heterocycles. The highest BCUT2D eigenvalue weighted by Crippen LogP contribution is 2.39. The van der Waals surface area contributed by atoms with E-state index in [1.807, 2.05) is 49.3 Å². The number of fused-ring (bicyclic) bond motifs is 1. The summed E-state index contributed by atoms with van der Waals surface area (Å²) in [7, 11) is 3.90. The van der Waals surface area contributed by atoms with E-state index in [9.17, 15) is 22.8 Å². The zero-order valence-corrected chi connectivity index (χ0v) is 18.3. The molecule has 0 saturated carbocycles. The molecule has 0 saturated heterocycles. The fourth-order valence-corrected chi connectivity index (χ4v) is 3.68. The largest absolute Gasteiger partial charge is 0.493 e. The first-order chi connectivity index (χ1) is 16.1. The molecule has 0 radical (unpaired) electrons. The number of hydroxylamine groups is 1. The van der Waals surface area contributed by atoms with Gasteiger partial charge in [-0.1, -0.05) is 18.2 Å². The maximum absolute atomic E-state index is 12.9. The van der Waals surface area contributed by atoms with Gasteiger partial charge in [-0.15, -0.1) is 0 Å². The van der Waals surface area contributed by atoms with Crippen LogP contribution in [-0.4, -0.2) is 36.2 Å². The molecule has 7 nitrogen and oxygen atoms in total. The third-order valence-electron chi connectivity index (χ3n) is 5.42. The van der Waals surface area contributed by atoms with Crippen molar-refractivity contribution in [2.45, 2.75) is 18.6 Å². The molecule has 3 aromatic rings. The lowest BCUT2D eigenvalue weighted by molar-refractivity contribution is -0.202. The zero-order valence-electron chi connectivity index (χ0n) is 18.3. The number of benzene rings is 1. The van der Waals surface area contributed by atoms with Crippen molar-refractivity contribution in [2.24, 2.45) is 0 Å². The van der Waals surface area contributed by atoms with Gasteiger partial charge in [0.1, 0.15) is 0 Å². The molecule has 1 aliphatic rings. The minimum absolute atomic E-state index is 0.0653. The van der Waals surface area contributed by atoms with Crippen LogP contribution >= 0.6 is 0 Å². The van der Waals surface area contributed by atoms with Crippen molar-refractivity contribution in [1.29, 1.82) is 0 Å². The predicted octanol–water partition coefficient (Wildman–Crippen LogP) is 4.13. The van der Waals surface area contributed by atoms with Gasteiger partial charge in [0.05, 0.1) is 17.4 Å². The Kier molecular flexibility index (Phi) is 6.14. The maximum Gasteiger partial charge on any atom is 0.493 e. The van der Waals surface area contributed by atoms with Crippen molar-refractivity contribution in [3.8, 4) is 0 Å². The number of aromatic amines is 1. The number of carbonyl (C=O) groups is 1. The van der Waals surface area contributed by atoms with Crippen molar-refractivity contribution >= 4 is 29.5 Å². The average molecular weight is 470 g/mol. The second kappa shape index (κ2) is 9.05. The van der Waals surface area contributed by atoms with Crippen LogP contribution in [0.15, 0.2) is 59.7 Å². The molecule has 1 unspecified atom stereocenters. The highest BCUT2D eigenvalue weighted by atomic mass is 19.4. The van der Waals surface area contributed by atoms with Crippen LogP contribution in [0.25, 0.3) is 12.2 Å². The summed E-state index contributed by atoms with van der Waals surface area (Å²) in [5.41, 5.74) is 2.99. The van der Waals surface area contributed by atoms with Gasteiger partial charge in [-0.25, -0.2) is 4.79 Å². The first-order valence-electron chi connectivity index (χ1n) is 10.3. The molecule has 34 heavy (non-hydrogen) atoms. The number of hydrogen-bond acceptors (Lipinski definition) is 6. The molecule has 0 bridgehead atoms. The standard InChI is InChI=1S/C24H21F3N4O3/c1-30(2)18-7-4-15(5-8-18)3-6-17-13-16(9-11-28-17)21-14-19-20(10-12-29-22(19)32)31(21)34-23(33)24(25,26)27/h3-13,21H,14H2,1-2H3,(H,29,32)/b6-3+. The lowest BCUT2D eigenvalue weighted by Crippen LogP contribution is -2.35. The predicted molar refractivity (Wildman–Crippen MR) is 122 cm³/mol.